The quantitative estimate of drug-likeness (QED) is 0.625. The molecule has 1 N–H and O–H groups in total. The average Bonchev–Trinajstić information content (AvgIpc) is 3.36. The molecular weight excluding hydrogens is 268 g/mol. The zero-order valence-electron chi connectivity index (χ0n) is 13.6. The van der Waals surface area contributed by atoms with Crippen LogP contribution in [-0.4, -0.2) is 10.5 Å². The summed E-state index contributed by atoms with van der Waals surface area (Å²) in [4.78, 5) is 0. The molecule has 0 spiro atoms. The van der Waals surface area contributed by atoms with Crippen LogP contribution in [0.1, 0.15) is 38.9 Å². The first kappa shape index (κ1) is 15.0. The number of hydrazine groups is 1. The third-order valence-electron chi connectivity index (χ3n) is 4.17. The SMILES string of the molecule is CC/C=C\C(C)(C)N1NC1c1ccc(-c2ccccc2)cc1. The van der Waals surface area contributed by atoms with Gasteiger partial charge in [0.2, 0.25) is 0 Å². The van der Waals surface area contributed by atoms with E-state index in [1.54, 1.807) is 0 Å². The molecule has 0 radical (unpaired) electrons. The van der Waals surface area contributed by atoms with Gasteiger partial charge in [0.1, 0.15) is 6.17 Å². The summed E-state index contributed by atoms with van der Waals surface area (Å²) in [7, 11) is 0. The Balaban J connectivity index is 1.72. The topological polar surface area (TPSA) is 25.0 Å². The van der Waals surface area contributed by atoms with Crippen molar-refractivity contribution in [3.05, 3.63) is 72.3 Å². The lowest BCUT2D eigenvalue weighted by atomic mass is 10.0. The number of rotatable bonds is 5. The number of hydrogen-bond donors (Lipinski definition) is 1. The molecule has 2 unspecified atom stereocenters. The molecule has 22 heavy (non-hydrogen) atoms. The van der Waals surface area contributed by atoms with Crippen molar-refractivity contribution in [2.45, 2.75) is 38.9 Å². The number of nitrogens with one attached hydrogen (secondary N) is 1. The summed E-state index contributed by atoms with van der Waals surface area (Å²) >= 11 is 0. The fourth-order valence-corrected chi connectivity index (χ4v) is 2.80. The predicted octanol–water partition coefficient (Wildman–Crippen LogP) is 4.92. The molecule has 1 fully saturated rings. The molecule has 1 aliphatic rings. The van der Waals surface area contributed by atoms with Gasteiger partial charge < -0.3 is 0 Å². The number of allylic oxidation sites excluding steroid dienone is 1. The first-order valence-electron chi connectivity index (χ1n) is 8.00. The Hall–Kier alpha value is -1.90. The van der Waals surface area contributed by atoms with Crippen molar-refractivity contribution in [3.8, 4) is 11.1 Å². The van der Waals surface area contributed by atoms with Crippen molar-refractivity contribution in [3.63, 3.8) is 0 Å². The highest BCUT2D eigenvalue weighted by Gasteiger charge is 2.43. The van der Waals surface area contributed by atoms with Crippen molar-refractivity contribution in [1.82, 2.24) is 10.4 Å². The molecule has 3 rings (SSSR count). The third-order valence-corrected chi connectivity index (χ3v) is 4.17. The first-order valence-corrected chi connectivity index (χ1v) is 8.00. The van der Waals surface area contributed by atoms with Gasteiger partial charge in [0.25, 0.3) is 0 Å². The summed E-state index contributed by atoms with van der Waals surface area (Å²) in [6.45, 7) is 6.65. The largest absolute Gasteiger partial charge is 0.230 e. The smallest absolute Gasteiger partial charge is 0.113 e. The van der Waals surface area contributed by atoms with E-state index in [0.717, 1.165) is 6.42 Å². The van der Waals surface area contributed by atoms with Crippen LogP contribution in [0.15, 0.2) is 66.7 Å². The van der Waals surface area contributed by atoms with Crippen LogP contribution in [0.3, 0.4) is 0 Å². The molecule has 2 atom stereocenters. The lowest BCUT2D eigenvalue weighted by Gasteiger charge is -2.21. The molecule has 114 valence electrons. The molecule has 0 aromatic heterocycles. The van der Waals surface area contributed by atoms with Crippen LogP contribution in [0.4, 0.5) is 0 Å². The second-order valence-corrected chi connectivity index (χ2v) is 6.35. The van der Waals surface area contributed by atoms with Gasteiger partial charge >= 0.3 is 0 Å². The summed E-state index contributed by atoms with van der Waals surface area (Å²) < 4.78 is 0. The molecule has 0 amide bonds. The molecule has 0 aliphatic carbocycles. The van der Waals surface area contributed by atoms with E-state index in [1.807, 2.05) is 0 Å². The van der Waals surface area contributed by atoms with E-state index in [1.165, 1.54) is 16.7 Å². The van der Waals surface area contributed by atoms with Crippen molar-refractivity contribution in [1.29, 1.82) is 0 Å². The molecule has 0 saturated carbocycles. The Morgan fingerprint density at radius 3 is 2.27 bits per heavy atom. The summed E-state index contributed by atoms with van der Waals surface area (Å²) in [5.74, 6) is 0. The first-order chi connectivity index (χ1) is 10.6. The summed E-state index contributed by atoms with van der Waals surface area (Å²) in [5, 5.41) is 2.30. The van der Waals surface area contributed by atoms with Gasteiger partial charge in [-0.15, -0.1) is 0 Å². The van der Waals surface area contributed by atoms with Crippen LogP contribution >= 0.6 is 0 Å². The van der Waals surface area contributed by atoms with Crippen molar-refractivity contribution in [2.75, 3.05) is 0 Å². The second-order valence-electron chi connectivity index (χ2n) is 6.35. The monoisotopic (exact) mass is 292 g/mol. The van der Waals surface area contributed by atoms with Crippen LogP contribution in [0.5, 0.6) is 0 Å². The van der Waals surface area contributed by atoms with Gasteiger partial charge in [-0.25, -0.2) is 10.4 Å². The van der Waals surface area contributed by atoms with E-state index in [2.05, 4.69) is 98.0 Å². The van der Waals surface area contributed by atoms with Gasteiger partial charge in [0, 0.05) is 5.54 Å². The van der Waals surface area contributed by atoms with Gasteiger partial charge in [0.15, 0.2) is 0 Å². The zero-order valence-corrected chi connectivity index (χ0v) is 13.6. The molecule has 2 nitrogen and oxygen atoms in total. The zero-order chi connectivity index (χ0) is 15.6. The fourth-order valence-electron chi connectivity index (χ4n) is 2.80. The summed E-state index contributed by atoms with van der Waals surface area (Å²) in [5.41, 5.74) is 7.36. The van der Waals surface area contributed by atoms with E-state index in [4.69, 9.17) is 0 Å². The molecule has 1 saturated heterocycles. The van der Waals surface area contributed by atoms with Gasteiger partial charge in [-0.2, -0.15) is 0 Å². The van der Waals surface area contributed by atoms with E-state index >= 15 is 0 Å². The number of nitrogens with zero attached hydrogens (tertiary/aromatic N) is 1. The Bertz CT molecular complexity index is 641. The summed E-state index contributed by atoms with van der Waals surface area (Å²) in [6, 6.07) is 19.4. The van der Waals surface area contributed by atoms with Crippen molar-refractivity contribution >= 4 is 0 Å². The predicted molar refractivity (Wildman–Crippen MR) is 93.1 cm³/mol. The van der Waals surface area contributed by atoms with E-state index in [9.17, 15) is 0 Å². The molecule has 0 bridgehead atoms. The Labute approximate surface area is 133 Å². The van der Waals surface area contributed by atoms with Crippen LogP contribution in [0.25, 0.3) is 11.1 Å². The Morgan fingerprint density at radius 1 is 1.00 bits per heavy atom. The van der Waals surface area contributed by atoms with Gasteiger partial charge in [-0.3, -0.25) is 0 Å². The molecule has 1 heterocycles. The molecular formula is C20H24N2. The van der Waals surface area contributed by atoms with E-state index < -0.39 is 0 Å². The number of hydrogen-bond acceptors (Lipinski definition) is 2. The van der Waals surface area contributed by atoms with E-state index in [-0.39, 0.29) is 5.54 Å². The lowest BCUT2D eigenvalue weighted by molar-refractivity contribution is 0.305. The third kappa shape index (κ3) is 3.13. The van der Waals surface area contributed by atoms with Gasteiger partial charge in [0.05, 0.1) is 0 Å². The maximum atomic E-state index is 3.48. The van der Waals surface area contributed by atoms with Crippen LogP contribution in [0, 0.1) is 0 Å². The number of benzene rings is 2. The van der Waals surface area contributed by atoms with Gasteiger partial charge in [-0.05, 0) is 37.0 Å². The minimum Gasteiger partial charge on any atom is -0.230 e. The highest BCUT2D eigenvalue weighted by molar-refractivity contribution is 5.63. The van der Waals surface area contributed by atoms with Crippen molar-refractivity contribution in [2.24, 2.45) is 0 Å². The average molecular weight is 292 g/mol. The normalized spacial score (nSPS) is 21.2. The summed E-state index contributed by atoms with van der Waals surface area (Å²) in [6.07, 6.45) is 5.91. The van der Waals surface area contributed by atoms with E-state index in [0.29, 0.717) is 6.17 Å². The Kier molecular flexibility index (Phi) is 4.14. The lowest BCUT2D eigenvalue weighted by Crippen LogP contribution is -2.29. The molecule has 2 aromatic carbocycles. The minimum absolute atomic E-state index is 0.0405. The highest BCUT2D eigenvalue weighted by atomic mass is 15.8. The minimum atomic E-state index is 0.0405. The van der Waals surface area contributed by atoms with Gasteiger partial charge in [-0.1, -0.05) is 73.7 Å². The standard InChI is InChI=1S/C20H24N2/c1-4-5-15-20(2,3)22-19(21-22)18-13-11-17(12-14-18)16-9-7-6-8-10-16/h5-15,19,21H,4H2,1-3H3/b15-5-. The maximum absolute atomic E-state index is 3.48. The van der Waals surface area contributed by atoms with Crippen LogP contribution in [0.2, 0.25) is 0 Å². The molecule has 2 heteroatoms. The van der Waals surface area contributed by atoms with Crippen molar-refractivity contribution < 1.29 is 0 Å². The fraction of sp³-hybridized carbons (Fsp3) is 0.300. The second kappa shape index (κ2) is 6.07. The molecule has 2 aromatic rings. The maximum Gasteiger partial charge on any atom is 0.113 e. The Morgan fingerprint density at radius 2 is 1.64 bits per heavy atom. The molecule has 1 aliphatic heterocycles. The van der Waals surface area contributed by atoms with Crippen LogP contribution < -0.4 is 5.43 Å². The highest BCUT2D eigenvalue weighted by Crippen LogP contribution is 2.37. The van der Waals surface area contributed by atoms with Crippen LogP contribution in [-0.2, 0) is 0 Å².